The van der Waals surface area contributed by atoms with E-state index in [4.69, 9.17) is 0 Å². The van der Waals surface area contributed by atoms with Gasteiger partial charge in [-0.15, -0.1) is 11.3 Å². The van der Waals surface area contributed by atoms with Crippen molar-refractivity contribution in [3.8, 4) is 0 Å². The summed E-state index contributed by atoms with van der Waals surface area (Å²) >= 11 is 1.58. The first-order valence-electron chi connectivity index (χ1n) is 6.99. The molecule has 1 unspecified atom stereocenters. The summed E-state index contributed by atoms with van der Waals surface area (Å²) in [4.78, 5) is 4.32. The van der Waals surface area contributed by atoms with Gasteiger partial charge < -0.3 is 5.32 Å². The third-order valence-corrected chi connectivity index (χ3v) is 3.86. The fraction of sp³-hybridized carbons (Fsp3) is 0.438. The molecule has 20 heavy (non-hydrogen) atoms. The van der Waals surface area contributed by atoms with Crippen molar-refractivity contribution in [2.75, 3.05) is 13.1 Å². The van der Waals surface area contributed by atoms with Gasteiger partial charge in [-0.1, -0.05) is 32.0 Å². The largest absolute Gasteiger partial charge is 0.316 e. The molecule has 108 valence electrons. The monoisotopic (exact) mass is 292 g/mol. The Labute approximate surface area is 124 Å². The molecule has 1 aromatic carbocycles. The van der Waals surface area contributed by atoms with Crippen molar-refractivity contribution in [1.82, 2.24) is 10.3 Å². The molecule has 4 heteroatoms. The van der Waals surface area contributed by atoms with Crippen LogP contribution in [0.25, 0.3) is 0 Å². The average Bonchev–Trinajstić information content (AvgIpc) is 2.91. The maximum atomic E-state index is 14.0. The van der Waals surface area contributed by atoms with Crippen LogP contribution in [0.3, 0.4) is 0 Å². The Morgan fingerprint density at radius 1 is 1.25 bits per heavy atom. The average molecular weight is 292 g/mol. The van der Waals surface area contributed by atoms with Crippen molar-refractivity contribution in [1.29, 1.82) is 0 Å². The number of aromatic nitrogens is 1. The van der Waals surface area contributed by atoms with E-state index in [1.165, 1.54) is 6.07 Å². The summed E-state index contributed by atoms with van der Waals surface area (Å²) < 4.78 is 14.0. The summed E-state index contributed by atoms with van der Waals surface area (Å²) in [6, 6.07) is 7.05. The van der Waals surface area contributed by atoms with Crippen molar-refractivity contribution in [2.45, 2.75) is 26.2 Å². The molecule has 1 aromatic heterocycles. The first kappa shape index (κ1) is 15.1. The zero-order valence-electron chi connectivity index (χ0n) is 12.0. The lowest BCUT2D eigenvalue weighted by molar-refractivity contribution is 0.497. The van der Waals surface area contributed by atoms with Crippen LogP contribution >= 0.6 is 11.3 Å². The molecule has 2 aromatic rings. The van der Waals surface area contributed by atoms with Crippen LogP contribution in [-0.2, 0) is 6.42 Å². The first-order chi connectivity index (χ1) is 9.66. The minimum atomic E-state index is -0.126. The number of hydrogen-bond acceptors (Lipinski definition) is 3. The Bertz CT molecular complexity index is 511. The van der Waals surface area contributed by atoms with Gasteiger partial charge in [-0.05, 0) is 30.5 Å². The second kappa shape index (κ2) is 7.50. The molecule has 0 aliphatic carbocycles. The number of nitrogens with one attached hydrogen (secondary N) is 1. The fourth-order valence-electron chi connectivity index (χ4n) is 2.24. The summed E-state index contributed by atoms with van der Waals surface area (Å²) in [5.41, 5.74) is 3.64. The van der Waals surface area contributed by atoms with E-state index in [1.54, 1.807) is 17.4 Å². The number of thiazole rings is 1. The smallest absolute Gasteiger partial charge is 0.126 e. The van der Waals surface area contributed by atoms with E-state index in [9.17, 15) is 4.39 Å². The van der Waals surface area contributed by atoms with Crippen LogP contribution in [0.5, 0.6) is 0 Å². The van der Waals surface area contributed by atoms with E-state index in [-0.39, 0.29) is 11.7 Å². The van der Waals surface area contributed by atoms with Crippen molar-refractivity contribution >= 4 is 11.3 Å². The van der Waals surface area contributed by atoms with Gasteiger partial charge in [-0.25, -0.2) is 9.37 Å². The Morgan fingerprint density at radius 3 is 2.70 bits per heavy atom. The van der Waals surface area contributed by atoms with Gasteiger partial charge in [0.05, 0.1) is 11.2 Å². The third-order valence-electron chi connectivity index (χ3n) is 3.23. The Balaban J connectivity index is 2.09. The van der Waals surface area contributed by atoms with Crippen LogP contribution in [0.1, 0.15) is 31.0 Å². The van der Waals surface area contributed by atoms with Gasteiger partial charge in [0.2, 0.25) is 0 Å². The van der Waals surface area contributed by atoms with Crippen molar-refractivity contribution in [3.05, 3.63) is 52.2 Å². The van der Waals surface area contributed by atoms with E-state index < -0.39 is 0 Å². The topological polar surface area (TPSA) is 24.9 Å². The van der Waals surface area contributed by atoms with Crippen LogP contribution in [0.2, 0.25) is 0 Å². The lowest BCUT2D eigenvalue weighted by atomic mass is 9.93. The van der Waals surface area contributed by atoms with E-state index in [0.717, 1.165) is 30.8 Å². The first-order valence-corrected chi connectivity index (χ1v) is 7.93. The summed E-state index contributed by atoms with van der Waals surface area (Å²) in [7, 11) is 0. The van der Waals surface area contributed by atoms with E-state index in [2.05, 4.69) is 24.1 Å². The zero-order valence-corrected chi connectivity index (χ0v) is 12.8. The van der Waals surface area contributed by atoms with Crippen LogP contribution in [0, 0.1) is 11.7 Å². The highest BCUT2D eigenvalue weighted by atomic mass is 32.1. The minimum absolute atomic E-state index is 0.122. The molecule has 0 saturated carbocycles. The second-order valence-corrected chi connectivity index (χ2v) is 6.17. The summed E-state index contributed by atoms with van der Waals surface area (Å²) in [6.07, 6.45) is 0.773. The van der Waals surface area contributed by atoms with Crippen molar-refractivity contribution < 1.29 is 4.39 Å². The normalized spacial score (nSPS) is 12.8. The Hall–Kier alpha value is -1.26. The molecule has 0 spiro atoms. The molecule has 0 aliphatic rings. The molecule has 1 heterocycles. The highest BCUT2D eigenvalue weighted by Crippen LogP contribution is 2.23. The summed E-state index contributed by atoms with van der Waals surface area (Å²) in [5.74, 6) is 0.590. The maximum absolute atomic E-state index is 14.0. The van der Waals surface area contributed by atoms with Crippen LogP contribution in [0.4, 0.5) is 4.39 Å². The molecule has 0 bridgehead atoms. The van der Waals surface area contributed by atoms with Crippen LogP contribution < -0.4 is 5.32 Å². The summed E-state index contributed by atoms with van der Waals surface area (Å²) in [5, 5.41) is 5.47. The standard InChI is InChI=1S/C16H21FN2S/c1-12(2)8-18-9-13(7-14-10-20-11-19-14)15-5-3-4-6-16(15)17/h3-6,10-13,18H,7-9H2,1-2H3. The Morgan fingerprint density at radius 2 is 2.05 bits per heavy atom. The lowest BCUT2D eigenvalue weighted by Crippen LogP contribution is -2.27. The molecular formula is C16H21FN2S. The van der Waals surface area contributed by atoms with Gasteiger partial charge in [0.15, 0.2) is 0 Å². The molecule has 0 amide bonds. The highest BCUT2D eigenvalue weighted by Gasteiger charge is 2.17. The highest BCUT2D eigenvalue weighted by molar-refractivity contribution is 7.07. The van der Waals surface area contributed by atoms with E-state index >= 15 is 0 Å². The number of rotatable bonds is 7. The molecule has 0 radical (unpaired) electrons. The predicted octanol–water partition coefficient (Wildman–Crippen LogP) is 3.85. The van der Waals surface area contributed by atoms with Gasteiger partial charge in [0, 0.05) is 17.8 Å². The molecular weight excluding hydrogens is 271 g/mol. The minimum Gasteiger partial charge on any atom is -0.316 e. The van der Waals surface area contributed by atoms with Gasteiger partial charge in [0.25, 0.3) is 0 Å². The third kappa shape index (κ3) is 4.39. The van der Waals surface area contributed by atoms with Gasteiger partial charge in [-0.3, -0.25) is 0 Å². The van der Waals surface area contributed by atoms with Gasteiger partial charge in [0.1, 0.15) is 5.82 Å². The zero-order chi connectivity index (χ0) is 14.4. The lowest BCUT2D eigenvalue weighted by Gasteiger charge is -2.19. The number of hydrogen-bond donors (Lipinski definition) is 1. The van der Waals surface area contributed by atoms with E-state index in [0.29, 0.717) is 5.92 Å². The molecule has 1 N–H and O–H groups in total. The van der Waals surface area contributed by atoms with Crippen LogP contribution in [-0.4, -0.2) is 18.1 Å². The number of nitrogens with zero attached hydrogens (tertiary/aromatic N) is 1. The molecule has 1 atom stereocenters. The quantitative estimate of drug-likeness (QED) is 0.838. The summed E-state index contributed by atoms with van der Waals surface area (Å²) in [6.45, 7) is 6.07. The van der Waals surface area contributed by atoms with Crippen LogP contribution in [0.15, 0.2) is 35.2 Å². The Kier molecular flexibility index (Phi) is 5.68. The van der Waals surface area contributed by atoms with Gasteiger partial charge >= 0.3 is 0 Å². The molecule has 0 saturated heterocycles. The molecule has 2 rings (SSSR count). The SMILES string of the molecule is CC(C)CNCC(Cc1cscn1)c1ccccc1F. The maximum Gasteiger partial charge on any atom is 0.126 e. The molecule has 0 aliphatic heterocycles. The fourth-order valence-corrected chi connectivity index (χ4v) is 2.81. The van der Waals surface area contributed by atoms with Crippen molar-refractivity contribution in [2.24, 2.45) is 5.92 Å². The molecule has 0 fully saturated rings. The number of halogens is 1. The second-order valence-electron chi connectivity index (χ2n) is 5.45. The van der Waals surface area contributed by atoms with E-state index in [1.807, 2.05) is 23.0 Å². The van der Waals surface area contributed by atoms with Gasteiger partial charge in [-0.2, -0.15) is 0 Å². The van der Waals surface area contributed by atoms with Crippen molar-refractivity contribution in [3.63, 3.8) is 0 Å². The number of benzene rings is 1. The molecule has 2 nitrogen and oxygen atoms in total. The predicted molar refractivity (Wildman–Crippen MR) is 82.7 cm³/mol.